The van der Waals surface area contributed by atoms with E-state index in [0.29, 0.717) is 19.6 Å². The Morgan fingerprint density at radius 2 is 1.89 bits per heavy atom. The van der Waals surface area contributed by atoms with E-state index in [9.17, 15) is 17.6 Å². The molecule has 2 N–H and O–H groups in total. The Labute approximate surface area is 108 Å². The maximum absolute atomic E-state index is 13.1. The zero-order chi connectivity index (χ0) is 12.5. The van der Waals surface area contributed by atoms with Crippen LogP contribution in [0.2, 0.25) is 0 Å². The van der Waals surface area contributed by atoms with Crippen LogP contribution in [0.1, 0.15) is 17.2 Å². The van der Waals surface area contributed by atoms with E-state index >= 15 is 0 Å². The lowest BCUT2D eigenvalue weighted by molar-refractivity contribution is -0.138. The highest BCUT2D eigenvalue weighted by atomic mass is 35.5. The highest BCUT2D eigenvalue weighted by Gasteiger charge is 2.35. The van der Waals surface area contributed by atoms with Crippen molar-refractivity contribution in [2.75, 3.05) is 19.6 Å². The van der Waals surface area contributed by atoms with E-state index in [1.165, 1.54) is 0 Å². The average Bonchev–Trinajstić information content (AvgIpc) is 2.28. The van der Waals surface area contributed by atoms with Gasteiger partial charge in [0.15, 0.2) is 0 Å². The molecule has 1 atom stereocenters. The highest BCUT2D eigenvalue weighted by molar-refractivity contribution is 5.85. The highest BCUT2D eigenvalue weighted by Crippen LogP contribution is 2.35. The number of piperazine rings is 1. The first-order chi connectivity index (χ1) is 7.98. The number of alkyl halides is 3. The van der Waals surface area contributed by atoms with Gasteiger partial charge in [-0.2, -0.15) is 13.2 Å². The quantitative estimate of drug-likeness (QED) is 0.774. The number of rotatable bonds is 1. The second-order valence-corrected chi connectivity index (χ2v) is 3.94. The van der Waals surface area contributed by atoms with E-state index in [2.05, 4.69) is 10.6 Å². The van der Waals surface area contributed by atoms with Crippen LogP contribution in [0.15, 0.2) is 18.2 Å². The zero-order valence-corrected chi connectivity index (χ0v) is 10.2. The summed E-state index contributed by atoms with van der Waals surface area (Å²) >= 11 is 0. The fourth-order valence-electron chi connectivity index (χ4n) is 1.95. The lowest BCUT2D eigenvalue weighted by Gasteiger charge is -2.27. The maximum Gasteiger partial charge on any atom is 0.416 e. The summed E-state index contributed by atoms with van der Waals surface area (Å²) in [4.78, 5) is 0. The van der Waals surface area contributed by atoms with Gasteiger partial charge in [0.1, 0.15) is 5.82 Å². The van der Waals surface area contributed by atoms with E-state index in [1.807, 2.05) is 0 Å². The molecule has 18 heavy (non-hydrogen) atoms. The van der Waals surface area contributed by atoms with E-state index in [1.54, 1.807) is 0 Å². The van der Waals surface area contributed by atoms with Crippen molar-refractivity contribution in [3.8, 4) is 0 Å². The molecule has 0 spiro atoms. The third-order valence-corrected chi connectivity index (χ3v) is 2.74. The van der Waals surface area contributed by atoms with Crippen LogP contribution in [0, 0.1) is 5.82 Å². The Balaban J connectivity index is 0.00000162. The SMILES string of the molecule is Cl.Fc1ccc(C(F)(F)F)c([C@H]2CNCCN2)c1. The predicted octanol–water partition coefficient (Wildman–Crippen LogP) is 2.50. The van der Waals surface area contributed by atoms with E-state index in [-0.39, 0.29) is 18.0 Å². The third kappa shape index (κ3) is 3.34. The molecule has 1 aliphatic rings. The third-order valence-electron chi connectivity index (χ3n) is 2.74. The first kappa shape index (κ1) is 15.2. The van der Waals surface area contributed by atoms with Crippen LogP contribution in [0.5, 0.6) is 0 Å². The normalized spacial score (nSPS) is 20.3. The number of benzene rings is 1. The molecule has 0 radical (unpaired) electrons. The summed E-state index contributed by atoms with van der Waals surface area (Å²) in [5, 5.41) is 5.93. The van der Waals surface area contributed by atoms with Crippen molar-refractivity contribution in [3.05, 3.63) is 35.1 Å². The minimum Gasteiger partial charge on any atom is -0.314 e. The van der Waals surface area contributed by atoms with Crippen LogP contribution in [0.4, 0.5) is 17.6 Å². The van der Waals surface area contributed by atoms with Crippen molar-refractivity contribution in [1.82, 2.24) is 10.6 Å². The second-order valence-electron chi connectivity index (χ2n) is 3.94. The van der Waals surface area contributed by atoms with Crippen molar-refractivity contribution in [2.24, 2.45) is 0 Å². The fraction of sp³-hybridized carbons (Fsp3) is 0.455. The molecule has 0 amide bonds. The molecule has 1 fully saturated rings. The molecule has 0 aromatic heterocycles. The van der Waals surface area contributed by atoms with Crippen LogP contribution in [0.25, 0.3) is 0 Å². The average molecular weight is 285 g/mol. The molecule has 102 valence electrons. The molecule has 1 aliphatic heterocycles. The van der Waals surface area contributed by atoms with Crippen LogP contribution < -0.4 is 10.6 Å². The zero-order valence-electron chi connectivity index (χ0n) is 9.35. The van der Waals surface area contributed by atoms with Crippen molar-refractivity contribution in [1.29, 1.82) is 0 Å². The minimum atomic E-state index is -4.46. The molecule has 2 rings (SSSR count). The molecule has 1 aromatic rings. The van der Waals surface area contributed by atoms with Gasteiger partial charge in [-0.05, 0) is 23.8 Å². The molecule has 2 nitrogen and oxygen atoms in total. The van der Waals surface area contributed by atoms with Gasteiger partial charge in [0.25, 0.3) is 0 Å². The van der Waals surface area contributed by atoms with Crippen molar-refractivity contribution < 1.29 is 17.6 Å². The number of hydrogen-bond donors (Lipinski definition) is 2. The molecule has 0 saturated carbocycles. The molecule has 0 aliphatic carbocycles. The monoisotopic (exact) mass is 284 g/mol. The Morgan fingerprint density at radius 1 is 1.17 bits per heavy atom. The Bertz CT molecular complexity index is 403. The summed E-state index contributed by atoms with van der Waals surface area (Å²) in [6.07, 6.45) is -4.46. The molecule has 0 bridgehead atoms. The summed E-state index contributed by atoms with van der Waals surface area (Å²) in [5.74, 6) is -0.652. The van der Waals surface area contributed by atoms with Gasteiger partial charge in [-0.15, -0.1) is 12.4 Å². The molecule has 7 heteroatoms. The van der Waals surface area contributed by atoms with Crippen LogP contribution in [-0.4, -0.2) is 19.6 Å². The topological polar surface area (TPSA) is 24.1 Å². The summed E-state index contributed by atoms with van der Waals surface area (Å²) in [7, 11) is 0. The van der Waals surface area contributed by atoms with Gasteiger partial charge in [-0.3, -0.25) is 0 Å². The van der Waals surface area contributed by atoms with E-state index in [0.717, 1.165) is 18.2 Å². The van der Waals surface area contributed by atoms with Gasteiger partial charge in [0.2, 0.25) is 0 Å². The van der Waals surface area contributed by atoms with E-state index < -0.39 is 23.6 Å². The largest absolute Gasteiger partial charge is 0.416 e. The van der Waals surface area contributed by atoms with Crippen molar-refractivity contribution in [2.45, 2.75) is 12.2 Å². The molecule has 0 unspecified atom stereocenters. The van der Waals surface area contributed by atoms with E-state index in [4.69, 9.17) is 0 Å². The smallest absolute Gasteiger partial charge is 0.314 e. The molecule has 1 aromatic carbocycles. The van der Waals surface area contributed by atoms with Crippen LogP contribution >= 0.6 is 12.4 Å². The Hall–Kier alpha value is -0.850. The first-order valence-corrected chi connectivity index (χ1v) is 5.29. The van der Waals surface area contributed by atoms with Crippen molar-refractivity contribution >= 4 is 12.4 Å². The lowest BCUT2D eigenvalue weighted by atomic mass is 9.98. The van der Waals surface area contributed by atoms with Gasteiger partial charge in [-0.25, -0.2) is 4.39 Å². The summed E-state index contributed by atoms with van der Waals surface area (Å²) in [6.45, 7) is 1.64. The number of hydrogen-bond acceptors (Lipinski definition) is 2. The first-order valence-electron chi connectivity index (χ1n) is 5.29. The van der Waals surface area contributed by atoms with Gasteiger partial charge in [0.05, 0.1) is 5.56 Å². The fourth-order valence-corrected chi connectivity index (χ4v) is 1.95. The summed E-state index contributed by atoms with van der Waals surface area (Å²) in [6, 6.07) is 2.08. The van der Waals surface area contributed by atoms with Crippen LogP contribution in [-0.2, 0) is 6.18 Å². The molecule has 1 heterocycles. The minimum absolute atomic E-state index is 0. The van der Waals surface area contributed by atoms with Gasteiger partial charge in [-0.1, -0.05) is 0 Å². The molecule has 1 saturated heterocycles. The van der Waals surface area contributed by atoms with Gasteiger partial charge in [0, 0.05) is 25.7 Å². The second kappa shape index (κ2) is 5.86. The van der Waals surface area contributed by atoms with Gasteiger partial charge >= 0.3 is 6.18 Å². The Kier molecular flexibility index (Phi) is 4.95. The van der Waals surface area contributed by atoms with Crippen molar-refractivity contribution in [3.63, 3.8) is 0 Å². The van der Waals surface area contributed by atoms with Crippen LogP contribution in [0.3, 0.4) is 0 Å². The van der Waals surface area contributed by atoms with Gasteiger partial charge < -0.3 is 10.6 Å². The number of nitrogens with one attached hydrogen (secondary N) is 2. The lowest BCUT2D eigenvalue weighted by Crippen LogP contribution is -2.43. The maximum atomic E-state index is 13.1. The molecular weight excluding hydrogens is 272 g/mol. The summed E-state index contributed by atoms with van der Waals surface area (Å²) in [5.41, 5.74) is -0.815. The summed E-state index contributed by atoms with van der Waals surface area (Å²) < 4.78 is 51.4. The molecular formula is C11H13ClF4N2. The Morgan fingerprint density at radius 3 is 2.44 bits per heavy atom. The predicted molar refractivity (Wildman–Crippen MR) is 62.3 cm³/mol. The standard InChI is InChI=1S/C11H12F4N2.ClH/c12-7-1-2-9(11(13,14)15)8(5-7)10-6-16-3-4-17-10;/h1-2,5,10,16-17H,3-4,6H2;1H/t10-;/m1./s1. The number of halogens is 5.